The molecule has 0 fully saturated rings. The quantitative estimate of drug-likeness (QED) is 0.352. The molecule has 0 saturated heterocycles. The largest absolute Gasteiger partial charge is 0.464 e. The average Bonchev–Trinajstić information content (AvgIpc) is 3.12. The minimum absolute atomic E-state index is 0.0305. The maximum absolute atomic E-state index is 15.1. The zero-order valence-corrected chi connectivity index (χ0v) is 20.1. The van der Waals surface area contributed by atoms with Crippen LogP contribution in [0.5, 0.6) is 5.88 Å². The van der Waals surface area contributed by atoms with Gasteiger partial charge < -0.3 is 10.1 Å². The molecule has 194 valence electrons. The minimum Gasteiger partial charge on any atom is -0.464 e. The van der Waals surface area contributed by atoms with Gasteiger partial charge in [0.25, 0.3) is 5.91 Å². The van der Waals surface area contributed by atoms with Crippen LogP contribution in [0.4, 0.5) is 27.6 Å². The fraction of sp³-hybridized carbons (Fsp3) is 0.381. The lowest BCUT2D eigenvalue weighted by molar-refractivity contribution is -0.190. The Bertz CT molecular complexity index is 1330. The molecule has 0 aliphatic carbocycles. The smallest absolute Gasteiger partial charge is 0.425 e. The van der Waals surface area contributed by atoms with Crippen molar-refractivity contribution in [2.24, 2.45) is 0 Å². The first-order valence-electron chi connectivity index (χ1n) is 10.4. The first kappa shape index (κ1) is 27.0. The average molecular weight is 535 g/mol. The first-order chi connectivity index (χ1) is 16.8. The molecule has 0 aliphatic heterocycles. The zero-order valence-electron chi connectivity index (χ0n) is 19.3. The van der Waals surface area contributed by atoms with Crippen LogP contribution >= 0.6 is 11.6 Å². The Kier molecular flexibility index (Phi) is 7.67. The number of carbonyl (C=O) groups excluding carboxylic acids is 1. The summed E-state index contributed by atoms with van der Waals surface area (Å²) in [6.07, 6.45) is -5.97. The maximum atomic E-state index is 15.1. The number of ether oxygens (including phenoxy) is 1. The Morgan fingerprint density at radius 2 is 1.94 bits per heavy atom. The molecule has 36 heavy (non-hydrogen) atoms. The fourth-order valence-electron chi connectivity index (χ4n) is 3.12. The van der Waals surface area contributed by atoms with E-state index in [0.29, 0.717) is 23.2 Å². The van der Waals surface area contributed by atoms with Gasteiger partial charge in [-0.3, -0.25) is 9.36 Å². The summed E-state index contributed by atoms with van der Waals surface area (Å²) >= 11 is 5.98. The van der Waals surface area contributed by atoms with E-state index in [2.05, 4.69) is 20.4 Å². The van der Waals surface area contributed by atoms with Gasteiger partial charge in [0.15, 0.2) is 28.7 Å². The van der Waals surface area contributed by atoms with Crippen molar-refractivity contribution in [1.29, 1.82) is 0 Å². The second kappa shape index (κ2) is 10.2. The van der Waals surface area contributed by atoms with Gasteiger partial charge in [0.1, 0.15) is 12.2 Å². The third kappa shape index (κ3) is 5.32. The molecule has 1 unspecified atom stereocenters. The summed E-state index contributed by atoms with van der Waals surface area (Å²) in [5.74, 6) is -4.60. The predicted molar refractivity (Wildman–Crippen MR) is 119 cm³/mol. The van der Waals surface area contributed by atoms with E-state index in [0.717, 1.165) is 4.57 Å². The van der Waals surface area contributed by atoms with Gasteiger partial charge in [0.2, 0.25) is 5.88 Å². The van der Waals surface area contributed by atoms with Crippen LogP contribution in [0.25, 0.3) is 5.82 Å². The van der Waals surface area contributed by atoms with Gasteiger partial charge in [-0.2, -0.15) is 22.8 Å². The minimum atomic E-state index is -4.87. The summed E-state index contributed by atoms with van der Waals surface area (Å²) in [5.41, 5.74) is -1.23. The number of nitrogens with zero attached hydrogens (tertiary/aromatic N) is 5. The lowest BCUT2D eigenvalue weighted by atomic mass is 10.2. The van der Waals surface area contributed by atoms with Gasteiger partial charge in [0, 0.05) is 12.2 Å². The van der Waals surface area contributed by atoms with Crippen LogP contribution < -0.4 is 15.7 Å². The molecule has 0 bridgehead atoms. The van der Waals surface area contributed by atoms with E-state index < -0.39 is 59.7 Å². The second-order valence-corrected chi connectivity index (χ2v) is 8.26. The van der Waals surface area contributed by atoms with E-state index in [-0.39, 0.29) is 16.7 Å². The molecule has 0 radical (unpaired) electrons. The monoisotopic (exact) mass is 534 g/mol. The number of anilines is 1. The van der Waals surface area contributed by atoms with Crippen molar-refractivity contribution in [3.63, 3.8) is 0 Å². The molecule has 1 atom stereocenters. The highest BCUT2D eigenvalue weighted by atomic mass is 35.5. The van der Waals surface area contributed by atoms with Crippen molar-refractivity contribution < 1.29 is 31.5 Å². The molecule has 9 nitrogen and oxygen atoms in total. The van der Waals surface area contributed by atoms with Crippen molar-refractivity contribution in [3.05, 3.63) is 56.7 Å². The number of pyridine rings is 2. The van der Waals surface area contributed by atoms with Gasteiger partial charge in [-0.05, 0) is 45.4 Å². The molecule has 0 saturated carbocycles. The molecule has 3 rings (SSSR count). The summed E-state index contributed by atoms with van der Waals surface area (Å²) < 4.78 is 74.3. The standard InChI is InChI=1S/C21H20ClF5N6O3/c1-9(2)32-14(8-23)31-33(20(32)35)17-13(24)7-12(19(30-17)36-11(4)21(25,26)27)18(34)29-15-10(3)5-6-28-16(15)22/h5-7,9,11H,8H2,1-4H3,(H,29,34). The van der Waals surface area contributed by atoms with Gasteiger partial charge in [-0.15, -0.1) is 5.10 Å². The summed E-state index contributed by atoms with van der Waals surface area (Å²) in [7, 11) is 0. The van der Waals surface area contributed by atoms with Crippen LogP contribution in [0, 0.1) is 12.7 Å². The summed E-state index contributed by atoms with van der Waals surface area (Å²) in [4.78, 5) is 33.1. The van der Waals surface area contributed by atoms with Gasteiger partial charge in [-0.1, -0.05) is 11.6 Å². The van der Waals surface area contributed by atoms with Crippen molar-refractivity contribution in [2.45, 2.75) is 52.7 Å². The van der Waals surface area contributed by atoms with Crippen LogP contribution in [-0.2, 0) is 6.67 Å². The lowest BCUT2D eigenvalue weighted by Gasteiger charge is -2.19. The summed E-state index contributed by atoms with van der Waals surface area (Å²) in [6.45, 7) is 4.15. The predicted octanol–water partition coefficient (Wildman–Crippen LogP) is 4.56. The molecule has 3 heterocycles. The number of carbonyl (C=O) groups is 1. The Morgan fingerprint density at radius 3 is 2.47 bits per heavy atom. The van der Waals surface area contributed by atoms with E-state index >= 15 is 4.39 Å². The Balaban J connectivity index is 2.17. The van der Waals surface area contributed by atoms with Crippen LogP contribution in [-0.4, -0.2) is 42.5 Å². The van der Waals surface area contributed by atoms with Crippen molar-refractivity contribution >= 4 is 23.2 Å². The molecular weight excluding hydrogens is 515 g/mol. The van der Waals surface area contributed by atoms with E-state index in [9.17, 15) is 27.2 Å². The highest BCUT2D eigenvalue weighted by Gasteiger charge is 2.39. The normalized spacial score (nSPS) is 12.6. The first-order valence-corrected chi connectivity index (χ1v) is 10.8. The number of aryl methyl sites for hydroxylation is 1. The van der Waals surface area contributed by atoms with Crippen molar-refractivity contribution in [2.75, 3.05) is 5.32 Å². The van der Waals surface area contributed by atoms with E-state index in [1.165, 1.54) is 12.3 Å². The number of amides is 1. The van der Waals surface area contributed by atoms with E-state index in [1.807, 2.05) is 0 Å². The van der Waals surface area contributed by atoms with Crippen LogP contribution in [0.2, 0.25) is 5.15 Å². The second-order valence-electron chi connectivity index (χ2n) is 7.90. The molecule has 1 N–H and O–H groups in total. The molecule has 15 heteroatoms. The Hall–Kier alpha value is -3.55. The van der Waals surface area contributed by atoms with E-state index in [1.54, 1.807) is 20.8 Å². The molecule has 0 aromatic carbocycles. The highest BCUT2D eigenvalue weighted by molar-refractivity contribution is 6.32. The third-order valence-electron chi connectivity index (χ3n) is 4.99. The molecule has 3 aromatic rings. The number of rotatable bonds is 7. The van der Waals surface area contributed by atoms with Crippen LogP contribution in [0.3, 0.4) is 0 Å². The Morgan fingerprint density at radius 1 is 1.28 bits per heavy atom. The highest BCUT2D eigenvalue weighted by Crippen LogP contribution is 2.30. The number of hydrogen-bond acceptors (Lipinski definition) is 6. The summed E-state index contributed by atoms with van der Waals surface area (Å²) in [5, 5.41) is 5.92. The van der Waals surface area contributed by atoms with Gasteiger partial charge in [0.05, 0.1) is 5.69 Å². The van der Waals surface area contributed by atoms with Gasteiger partial charge in [-0.25, -0.2) is 18.6 Å². The SMILES string of the molecule is Cc1ccnc(Cl)c1NC(=O)c1cc(F)c(-n2nc(CF)n(C(C)C)c2=O)nc1OC(C)C(F)(F)F. The zero-order chi connectivity index (χ0) is 26.9. The van der Waals surface area contributed by atoms with Gasteiger partial charge >= 0.3 is 11.9 Å². The maximum Gasteiger partial charge on any atom is 0.425 e. The van der Waals surface area contributed by atoms with Crippen molar-refractivity contribution in [3.8, 4) is 11.7 Å². The third-order valence-corrected chi connectivity index (χ3v) is 5.27. The Labute approximate surface area is 205 Å². The number of alkyl halides is 4. The molecule has 0 spiro atoms. The van der Waals surface area contributed by atoms with Crippen molar-refractivity contribution in [1.82, 2.24) is 24.3 Å². The topological polar surface area (TPSA) is 104 Å². The number of aromatic nitrogens is 5. The number of halogens is 6. The number of hydrogen-bond donors (Lipinski definition) is 1. The van der Waals surface area contributed by atoms with E-state index in [4.69, 9.17) is 16.3 Å². The lowest BCUT2D eigenvalue weighted by Crippen LogP contribution is -2.33. The fourth-order valence-corrected chi connectivity index (χ4v) is 3.37. The molecule has 0 aliphatic rings. The van der Waals surface area contributed by atoms with Crippen LogP contribution in [0.15, 0.2) is 23.1 Å². The number of nitrogens with one attached hydrogen (secondary N) is 1. The molecular formula is C21H20ClF5N6O3. The van der Waals surface area contributed by atoms with Crippen LogP contribution in [0.1, 0.15) is 48.6 Å². The summed E-state index contributed by atoms with van der Waals surface area (Å²) in [6, 6.07) is 1.47. The molecule has 3 aromatic heterocycles. The molecule has 1 amide bonds.